The molecule has 0 saturated carbocycles. The summed E-state index contributed by atoms with van der Waals surface area (Å²) in [4.78, 5) is 18.2. The fraction of sp³-hybridized carbons (Fsp3) is 0.286. The van der Waals surface area contributed by atoms with E-state index in [1.54, 1.807) is 6.92 Å². The molecule has 100 valence electrons. The van der Waals surface area contributed by atoms with E-state index in [0.717, 1.165) is 6.33 Å². The van der Waals surface area contributed by atoms with Crippen molar-refractivity contribution < 1.29 is 8.78 Å². The first-order valence-electron chi connectivity index (χ1n) is 6.07. The third-order valence-corrected chi connectivity index (χ3v) is 2.97. The summed E-state index contributed by atoms with van der Waals surface area (Å²) < 4.78 is 28.0. The molecule has 1 N–H and O–H groups in total. The maximum absolute atomic E-state index is 14.1. The molecule has 0 saturated heterocycles. The smallest absolute Gasteiger partial charge is 0.254 e. The van der Waals surface area contributed by atoms with E-state index in [1.807, 2.05) is 6.92 Å². The second-order valence-electron chi connectivity index (χ2n) is 4.36. The zero-order valence-corrected chi connectivity index (χ0v) is 10.8. The van der Waals surface area contributed by atoms with Crippen molar-refractivity contribution in [2.75, 3.05) is 0 Å². The van der Waals surface area contributed by atoms with Crippen LogP contribution in [0, 0.1) is 18.6 Å². The molecule has 5 heteroatoms. The molecule has 0 aliphatic heterocycles. The third-order valence-electron chi connectivity index (χ3n) is 2.97. The lowest BCUT2D eigenvalue weighted by Crippen LogP contribution is -2.15. The number of halogens is 2. The Labute approximate surface area is 109 Å². The largest absolute Gasteiger partial charge is 0.313 e. The summed E-state index contributed by atoms with van der Waals surface area (Å²) in [5.74, 6) is -1.38. The Morgan fingerprint density at radius 1 is 1.32 bits per heavy atom. The lowest BCUT2D eigenvalue weighted by Gasteiger charge is -2.10. The van der Waals surface area contributed by atoms with Crippen molar-refractivity contribution in [2.24, 2.45) is 0 Å². The molecule has 3 nitrogen and oxygen atoms in total. The van der Waals surface area contributed by atoms with Crippen molar-refractivity contribution in [1.29, 1.82) is 0 Å². The number of rotatable bonds is 3. The maximum atomic E-state index is 14.1. The SMILES string of the molecule is CCCc1c(-c2c(F)ccc(C)c2F)nc[nH]c1=O. The van der Waals surface area contributed by atoms with Crippen LogP contribution in [-0.4, -0.2) is 9.97 Å². The Balaban J connectivity index is 2.76. The minimum atomic E-state index is -0.710. The summed E-state index contributed by atoms with van der Waals surface area (Å²) in [7, 11) is 0. The Hall–Kier alpha value is -2.04. The molecule has 0 fully saturated rings. The maximum Gasteiger partial charge on any atom is 0.254 e. The predicted octanol–water partition coefficient (Wildman–Crippen LogP) is 2.98. The Bertz CT molecular complexity index is 665. The Kier molecular flexibility index (Phi) is 3.74. The predicted molar refractivity (Wildman–Crippen MR) is 68.9 cm³/mol. The minimum absolute atomic E-state index is 0.0873. The van der Waals surface area contributed by atoms with Crippen LogP contribution in [0.1, 0.15) is 24.5 Å². The summed E-state index contributed by atoms with van der Waals surface area (Å²) in [5, 5.41) is 0. The van der Waals surface area contributed by atoms with E-state index in [9.17, 15) is 13.6 Å². The summed E-state index contributed by atoms with van der Waals surface area (Å²) in [5.41, 5.74) is 0.139. The van der Waals surface area contributed by atoms with Crippen LogP contribution in [0.5, 0.6) is 0 Å². The molecule has 0 unspecified atom stereocenters. The summed E-state index contributed by atoms with van der Waals surface area (Å²) in [6, 6.07) is 2.55. The van der Waals surface area contributed by atoms with Crippen molar-refractivity contribution in [3.8, 4) is 11.3 Å². The number of nitrogens with zero attached hydrogens (tertiary/aromatic N) is 1. The molecule has 1 heterocycles. The van der Waals surface area contributed by atoms with Crippen molar-refractivity contribution >= 4 is 0 Å². The van der Waals surface area contributed by atoms with Gasteiger partial charge in [0.05, 0.1) is 17.6 Å². The molecule has 0 aliphatic rings. The molecule has 0 radical (unpaired) electrons. The molecule has 2 rings (SSSR count). The first-order chi connectivity index (χ1) is 9.06. The van der Waals surface area contributed by atoms with E-state index < -0.39 is 11.6 Å². The van der Waals surface area contributed by atoms with Crippen LogP contribution in [0.4, 0.5) is 8.78 Å². The summed E-state index contributed by atoms with van der Waals surface area (Å²) >= 11 is 0. The highest BCUT2D eigenvalue weighted by Crippen LogP contribution is 2.28. The zero-order valence-electron chi connectivity index (χ0n) is 10.8. The van der Waals surface area contributed by atoms with Crippen molar-refractivity contribution in [1.82, 2.24) is 9.97 Å². The van der Waals surface area contributed by atoms with Gasteiger partial charge in [0.2, 0.25) is 0 Å². The average molecular weight is 264 g/mol. The van der Waals surface area contributed by atoms with Crippen LogP contribution in [0.25, 0.3) is 11.3 Å². The van der Waals surface area contributed by atoms with Crippen molar-refractivity contribution in [3.63, 3.8) is 0 Å². The quantitative estimate of drug-likeness (QED) is 0.926. The minimum Gasteiger partial charge on any atom is -0.313 e. The number of hydrogen-bond donors (Lipinski definition) is 1. The molecule has 19 heavy (non-hydrogen) atoms. The molecule has 1 aromatic heterocycles. The van der Waals surface area contributed by atoms with Crippen LogP contribution >= 0.6 is 0 Å². The van der Waals surface area contributed by atoms with Crippen molar-refractivity contribution in [3.05, 3.63) is 51.6 Å². The second kappa shape index (κ2) is 5.30. The number of benzene rings is 1. The highest BCUT2D eigenvalue weighted by atomic mass is 19.1. The number of hydrogen-bond acceptors (Lipinski definition) is 2. The first-order valence-corrected chi connectivity index (χ1v) is 6.07. The zero-order chi connectivity index (χ0) is 14.0. The van der Waals surface area contributed by atoms with Gasteiger partial charge < -0.3 is 4.98 Å². The molecule has 0 aliphatic carbocycles. The van der Waals surface area contributed by atoms with E-state index in [4.69, 9.17) is 0 Å². The fourth-order valence-corrected chi connectivity index (χ4v) is 2.00. The van der Waals surface area contributed by atoms with Gasteiger partial charge >= 0.3 is 0 Å². The van der Waals surface area contributed by atoms with E-state index in [0.29, 0.717) is 24.0 Å². The second-order valence-corrected chi connectivity index (χ2v) is 4.36. The van der Waals surface area contributed by atoms with E-state index in [-0.39, 0.29) is 16.8 Å². The van der Waals surface area contributed by atoms with Crippen LogP contribution in [0.15, 0.2) is 23.3 Å². The van der Waals surface area contributed by atoms with Gasteiger partial charge in [0.15, 0.2) is 0 Å². The van der Waals surface area contributed by atoms with Gasteiger partial charge in [0, 0.05) is 5.56 Å². The van der Waals surface area contributed by atoms with Gasteiger partial charge in [-0.15, -0.1) is 0 Å². The number of aromatic nitrogens is 2. The number of aryl methyl sites for hydroxylation is 1. The highest BCUT2D eigenvalue weighted by molar-refractivity contribution is 5.65. The topological polar surface area (TPSA) is 45.8 Å². The molecule has 1 aromatic carbocycles. The average Bonchev–Trinajstić information content (AvgIpc) is 2.38. The molecule has 2 aromatic rings. The standard InChI is InChI=1S/C14H14F2N2O/c1-3-4-9-13(17-7-18-14(9)19)11-10(15)6-5-8(2)12(11)16/h5-7H,3-4H2,1-2H3,(H,17,18,19). The lowest BCUT2D eigenvalue weighted by atomic mass is 10.0. The van der Waals surface area contributed by atoms with Gasteiger partial charge in [-0.2, -0.15) is 0 Å². The molecule has 0 spiro atoms. The summed E-state index contributed by atoms with van der Waals surface area (Å²) in [6.45, 7) is 3.43. The molecule has 0 amide bonds. The van der Waals surface area contributed by atoms with Gasteiger partial charge in [0.25, 0.3) is 5.56 Å². The van der Waals surface area contributed by atoms with E-state index in [2.05, 4.69) is 9.97 Å². The lowest BCUT2D eigenvalue weighted by molar-refractivity contribution is 0.582. The number of H-pyrrole nitrogens is 1. The molecule has 0 bridgehead atoms. The van der Waals surface area contributed by atoms with E-state index >= 15 is 0 Å². The van der Waals surface area contributed by atoms with Crippen LogP contribution in [-0.2, 0) is 6.42 Å². The first kappa shape index (κ1) is 13.4. The monoisotopic (exact) mass is 264 g/mol. The van der Waals surface area contributed by atoms with Crippen molar-refractivity contribution in [2.45, 2.75) is 26.7 Å². The number of aromatic amines is 1. The van der Waals surface area contributed by atoms with Gasteiger partial charge in [-0.05, 0) is 25.0 Å². The normalized spacial score (nSPS) is 10.7. The number of nitrogens with one attached hydrogen (secondary N) is 1. The molecular weight excluding hydrogens is 250 g/mol. The van der Waals surface area contributed by atoms with Crippen LogP contribution in [0.3, 0.4) is 0 Å². The van der Waals surface area contributed by atoms with Gasteiger partial charge in [0.1, 0.15) is 11.6 Å². The third kappa shape index (κ3) is 2.41. The van der Waals surface area contributed by atoms with Crippen LogP contribution < -0.4 is 5.56 Å². The molecule has 0 atom stereocenters. The highest BCUT2D eigenvalue weighted by Gasteiger charge is 2.19. The summed E-state index contributed by atoms with van der Waals surface area (Å²) in [6.07, 6.45) is 2.28. The Morgan fingerprint density at radius 2 is 2.05 bits per heavy atom. The fourth-order valence-electron chi connectivity index (χ4n) is 2.00. The Morgan fingerprint density at radius 3 is 2.74 bits per heavy atom. The van der Waals surface area contributed by atoms with Gasteiger partial charge in [-0.1, -0.05) is 19.4 Å². The molecular formula is C14H14F2N2O. The van der Waals surface area contributed by atoms with Gasteiger partial charge in [-0.3, -0.25) is 4.79 Å². The van der Waals surface area contributed by atoms with Gasteiger partial charge in [-0.25, -0.2) is 13.8 Å². The van der Waals surface area contributed by atoms with Crippen LogP contribution in [0.2, 0.25) is 0 Å². The van der Waals surface area contributed by atoms with E-state index in [1.165, 1.54) is 12.1 Å².